The Hall–Kier alpha value is -1.52. The number of aromatic hydroxyl groups is 1. The fraction of sp³-hybridized carbons (Fsp3) is 0.692. The van der Waals surface area contributed by atoms with E-state index >= 15 is 0 Å². The van der Waals surface area contributed by atoms with Crippen LogP contribution in [0.4, 0.5) is 0 Å². The Kier molecular flexibility index (Phi) is 4.00. The molecule has 3 fully saturated rings. The van der Waals surface area contributed by atoms with Gasteiger partial charge in [0, 0.05) is 30.7 Å². The Morgan fingerprint density at radius 1 is 1.37 bits per heavy atom. The molecule has 2 saturated carbocycles. The number of piperidine rings is 1. The molecule has 1 saturated heterocycles. The van der Waals surface area contributed by atoms with Crippen LogP contribution in [0.3, 0.4) is 0 Å². The van der Waals surface area contributed by atoms with Crippen LogP contribution in [0.1, 0.15) is 50.7 Å². The van der Waals surface area contributed by atoms with E-state index in [1.54, 1.807) is 0 Å². The van der Waals surface area contributed by atoms with Crippen LogP contribution in [0.2, 0.25) is 0 Å². The van der Waals surface area contributed by atoms with E-state index < -0.39 is 0 Å². The minimum absolute atomic E-state index is 0.0338. The monoisotopic (exact) mass is 409 g/mol. The second kappa shape index (κ2) is 6.26. The first-order valence-electron chi connectivity index (χ1n) is 11.9. The van der Waals surface area contributed by atoms with Crippen molar-refractivity contribution >= 4 is 0 Å². The molecule has 5 aliphatic rings. The Balaban J connectivity index is 1.59. The first-order chi connectivity index (χ1) is 14.5. The average molecular weight is 410 g/mol. The SMILES string of the molecule is C=CC12CC(C(C)C)C(OC)C3Oc4c(O)ccc5c4C31CCN(CC1CC1)C2C5. The van der Waals surface area contributed by atoms with Crippen molar-refractivity contribution in [1.29, 1.82) is 0 Å². The van der Waals surface area contributed by atoms with Gasteiger partial charge >= 0.3 is 0 Å². The lowest BCUT2D eigenvalue weighted by Crippen LogP contribution is -2.74. The molecule has 0 amide bonds. The summed E-state index contributed by atoms with van der Waals surface area (Å²) in [5, 5.41) is 10.8. The number of rotatable bonds is 5. The molecule has 1 spiro atoms. The number of likely N-dealkylation sites (tertiary alicyclic amines) is 1. The van der Waals surface area contributed by atoms with Gasteiger partial charge in [0.2, 0.25) is 0 Å². The van der Waals surface area contributed by atoms with Crippen molar-refractivity contribution < 1.29 is 14.6 Å². The summed E-state index contributed by atoms with van der Waals surface area (Å²) in [5.74, 6) is 2.80. The van der Waals surface area contributed by atoms with Crippen LogP contribution >= 0.6 is 0 Å². The van der Waals surface area contributed by atoms with Gasteiger partial charge in [0.15, 0.2) is 11.5 Å². The number of hydrogen-bond acceptors (Lipinski definition) is 4. The topological polar surface area (TPSA) is 41.9 Å². The van der Waals surface area contributed by atoms with E-state index in [0.717, 1.165) is 37.5 Å². The number of hydrogen-bond donors (Lipinski definition) is 1. The van der Waals surface area contributed by atoms with Crippen LogP contribution < -0.4 is 4.74 Å². The molecule has 162 valence electrons. The molecule has 4 heteroatoms. The lowest BCUT2D eigenvalue weighted by atomic mass is 9.41. The molecular weight excluding hydrogens is 374 g/mol. The third-order valence-electron chi connectivity index (χ3n) is 9.45. The smallest absolute Gasteiger partial charge is 0.165 e. The molecule has 6 atom stereocenters. The second-order valence-corrected chi connectivity index (χ2v) is 10.9. The van der Waals surface area contributed by atoms with Crippen LogP contribution in [0.15, 0.2) is 24.8 Å². The van der Waals surface area contributed by atoms with E-state index in [1.165, 1.54) is 30.5 Å². The van der Waals surface area contributed by atoms with Crippen LogP contribution in [-0.4, -0.2) is 48.5 Å². The van der Waals surface area contributed by atoms with Crippen LogP contribution in [0.25, 0.3) is 0 Å². The van der Waals surface area contributed by atoms with E-state index in [9.17, 15) is 5.11 Å². The van der Waals surface area contributed by atoms with E-state index in [4.69, 9.17) is 9.47 Å². The second-order valence-electron chi connectivity index (χ2n) is 10.9. The summed E-state index contributed by atoms with van der Waals surface area (Å²) >= 11 is 0. The highest BCUT2D eigenvalue weighted by molar-refractivity contribution is 5.62. The first-order valence-corrected chi connectivity index (χ1v) is 11.9. The third kappa shape index (κ3) is 2.15. The molecule has 1 aromatic carbocycles. The van der Waals surface area contributed by atoms with E-state index in [1.807, 2.05) is 13.2 Å². The maximum Gasteiger partial charge on any atom is 0.165 e. The van der Waals surface area contributed by atoms with E-state index in [0.29, 0.717) is 17.9 Å². The van der Waals surface area contributed by atoms with E-state index in [2.05, 4.69) is 37.5 Å². The van der Waals surface area contributed by atoms with Gasteiger partial charge in [-0.2, -0.15) is 0 Å². The van der Waals surface area contributed by atoms with Gasteiger partial charge in [-0.3, -0.25) is 4.90 Å². The lowest BCUT2D eigenvalue weighted by Gasteiger charge is -2.67. The Morgan fingerprint density at radius 3 is 2.83 bits per heavy atom. The summed E-state index contributed by atoms with van der Waals surface area (Å²) in [6.07, 6.45) is 8.22. The zero-order chi connectivity index (χ0) is 20.8. The van der Waals surface area contributed by atoms with Gasteiger partial charge in [0.05, 0.1) is 11.5 Å². The molecule has 30 heavy (non-hydrogen) atoms. The molecule has 2 aliphatic heterocycles. The Labute approximate surface area is 180 Å². The van der Waals surface area contributed by atoms with Crippen LogP contribution in [-0.2, 0) is 16.6 Å². The third-order valence-corrected chi connectivity index (χ3v) is 9.45. The maximum absolute atomic E-state index is 10.8. The quantitative estimate of drug-likeness (QED) is 0.737. The normalized spacial score (nSPS) is 41.5. The average Bonchev–Trinajstić information content (AvgIpc) is 3.48. The minimum atomic E-state index is -0.146. The van der Waals surface area contributed by atoms with Crippen LogP contribution in [0.5, 0.6) is 11.5 Å². The van der Waals surface area contributed by atoms with Gasteiger partial charge in [-0.1, -0.05) is 26.0 Å². The Morgan fingerprint density at radius 2 is 2.17 bits per heavy atom. The van der Waals surface area contributed by atoms with Gasteiger partial charge in [0.25, 0.3) is 0 Å². The Bertz CT molecular complexity index is 893. The zero-order valence-corrected chi connectivity index (χ0v) is 18.6. The molecule has 2 bridgehead atoms. The number of nitrogens with zero attached hydrogens (tertiary/aromatic N) is 1. The standard InChI is InChI=1S/C26H35NO3/c1-5-25-13-18(15(2)3)22(29-4)24-26(25)10-11-27(14-16-6-7-16)20(25)12-17-8-9-19(28)23(30-24)21(17)26/h5,8-9,15-16,18,20,22,24,28H,1,6-7,10-14H2,2-4H3. The molecule has 6 rings (SSSR count). The maximum atomic E-state index is 10.8. The fourth-order valence-corrected chi connectivity index (χ4v) is 7.94. The van der Waals surface area contributed by atoms with Gasteiger partial charge < -0.3 is 14.6 Å². The highest BCUT2D eigenvalue weighted by atomic mass is 16.5. The van der Waals surface area contributed by atoms with Crippen molar-refractivity contribution in [2.45, 2.75) is 69.6 Å². The molecule has 1 aromatic rings. The van der Waals surface area contributed by atoms with Gasteiger partial charge in [0.1, 0.15) is 6.10 Å². The predicted octanol–water partition coefficient (Wildman–Crippen LogP) is 4.29. The van der Waals surface area contributed by atoms with Gasteiger partial charge in [-0.05, 0) is 68.0 Å². The largest absolute Gasteiger partial charge is 0.504 e. The molecule has 0 aromatic heterocycles. The molecule has 0 radical (unpaired) electrons. The highest BCUT2D eigenvalue weighted by Gasteiger charge is 2.73. The number of phenols is 1. The molecule has 6 unspecified atom stereocenters. The zero-order valence-electron chi connectivity index (χ0n) is 18.6. The molecule has 4 nitrogen and oxygen atoms in total. The van der Waals surface area contributed by atoms with Gasteiger partial charge in [-0.25, -0.2) is 0 Å². The van der Waals surface area contributed by atoms with Crippen molar-refractivity contribution in [1.82, 2.24) is 4.90 Å². The fourth-order valence-electron chi connectivity index (χ4n) is 7.94. The summed E-state index contributed by atoms with van der Waals surface area (Å²) in [5.41, 5.74) is 2.46. The highest BCUT2D eigenvalue weighted by Crippen LogP contribution is 2.71. The molecule has 1 N–H and O–H groups in total. The van der Waals surface area contributed by atoms with Gasteiger partial charge in [-0.15, -0.1) is 6.58 Å². The summed E-state index contributed by atoms with van der Waals surface area (Å²) in [6, 6.07) is 4.45. The first kappa shape index (κ1) is 19.2. The number of ether oxygens (including phenoxy) is 2. The van der Waals surface area contributed by atoms with Crippen LogP contribution in [0, 0.1) is 23.2 Å². The van der Waals surface area contributed by atoms with E-state index in [-0.39, 0.29) is 28.8 Å². The molecule has 2 heterocycles. The summed E-state index contributed by atoms with van der Waals surface area (Å²) < 4.78 is 12.9. The molecular formula is C26H35NO3. The van der Waals surface area contributed by atoms with Crippen molar-refractivity contribution in [3.8, 4) is 11.5 Å². The summed E-state index contributed by atoms with van der Waals surface area (Å²) in [6.45, 7) is 11.4. The summed E-state index contributed by atoms with van der Waals surface area (Å²) in [7, 11) is 1.84. The summed E-state index contributed by atoms with van der Waals surface area (Å²) in [4.78, 5) is 2.79. The predicted molar refractivity (Wildman–Crippen MR) is 117 cm³/mol. The number of benzene rings is 1. The van der Waals surface area contributed by atoms with Crippen molar-refractivity contribution in [3.05, 3.63) is 35.9 Å². The van der Waals surface area contributed by atoms with Crippen molar-refractivity contribution in [3.63, 3.8) is 0 Å². The number of methoxy groups -OCH3 is 1. The number of phenolic OH excluding ortho intramolecular Hbond substituents is 1. The van der Waals surface area contributed by atoms with Crippen molar-refractivity contribution in [2.24, 2.45) is 23.2 Å². The minimum Gasteiger partial charge on any atom is -0.504 e. The lowest BCUT2D eigenvalue weighted by molar-refractivity contribution is -0.178. The molecule has 3 aliphatic carbocycles. The van der Waals surface area contributed by atoms with Crippen molar-refractivity contribution in [2.75, 3.05) is 20.2 Å².